The molecule has 0 bridgehead atoms. The van der Waals surface area contributed by atoms with Crippen LogP contribution in [0.5, 0.6) is 0 Å². The lowest BCUT2D eigenvalue weighted by Crippen LogP contribution is -2.56. The molecule has 0 saturated heterocycles. The van der Waals surface area contributed by atoms with Gasteiger partial charge in [0.25, 0.3) is 0 Å². The van der Waals surface area contributed by atoms with E-state index in [2.05, 4.69) is 17.4 Å². The molecule has 0 unspecified atom stereocenters. The van der Waals surface area contributed by atoms with Gasteiger partial charge in [0.15, 0.2) is 5.84 Å². The number of carbonyl (C=O) groups is 1. The van der Waals surface area contributed by atoms with Gasteiger partial charge in [0.2, 0.25) is 5.91 Å². The Morgan fingerprint density at radius 2 is 1.88 bits per heavy atom. The Balaban J connectivity index is 4.49. The molecule has 0 saturated carbocycles. The van der Waals surface area contributed by atoms with E-state index in [0.29, 0.717) is 19.3 Å². The number of nitrogens with zero attached hydrogens (tertiary/aromatic N) is 1. The Morgan fingerprint density at radius 1 is 1.29 bits per heavy atom. The number of nitrogens with two attached hydrogens (primary N) is 1. The molecule has 17 heavy (non-hydrogen) atoms. The molecule has 5 heteroatoms. The largest absolute Gasteiger partial charge is 0.409 e. The zero-order valence-electron chi connectivity index (χ0n) is 11.1. The van der Waals surface area contributed by atoms with E-state index >= 15 is 0 Å². The van der Waals surface area contributed by atoms with Crippen LogP contribution in [0.4, 0.5) is 0 Å². The molecule has 0 aromatic carbocycles. The van der Waals surface area contributed by atoms with Gasteiger partial charge < -0.3 is 16.3 Å². The topological polar surface area (TPSA) is 87.7 Å². The third-order valence-electron chi connectivity index (χ3n) is 3.19. The van der Waals surface area contributed by atoms with Crippen LogP contribution in [0.25, 0.3) is 0 Å². The lowest BCUT2D eigenvalue weighted by atomic mass is 9.91. The number of amides is 1. The normalized spacial score (nSPS) is 12.5. The Labute approximate surface area is 103 Å². The van der Waals surface area contributed by atoms with E-state index < -0.39 is 5.54 Å². The lowest BCUT2D eigenvalue weighted by molar-refractivity contribution is -0.122. The highest BCUT2D eigenvalue weighted by Gasteiger charge is 2.32. The van der Waals surface area contributed by atoms with Gasteiger partial charge in [-0.1, -0.05) is 38.8 Å². The molecule has 0 rings (SSSR count). The zero-order chi connectivity index (χ0) is 13.3. The lowest BCUT2D eigenvalue weighted by Gasteiger charge is -2.31. The van der Waals surface area contributed by atoms with E-state index in [1.165, 1.54) is 0 Å². The van der Waals surface area contributed by atoms with E-state index in [1.54, 1.807) is 0 Å². The van der Waals surface area contributed by atoms with Gasteiger partial charge in [-0.2, -0.15) is 0 Å². The molecule has 4 N–H and O–H groups in total. The van der Waals surface area contributed by atoms with Crippen LogP contribution in [0, 0.1) is 0 Å². The average Bonchev–Trinajstić information content (AvgIpc) is 2.35. The highest BCUT2D eigenvalue weighted by Crippen LogP contribution is 2.16. The van der Waals surface area contributed by atoms with E-state index in [4.69, 9.17) is 10.9 Å². The van der Waals surface area contributed by atoms with E-state index in [-0.39, 0.29) is 11.7 Å². The minimum atomic E-state index is -0.710. The molecule has 5 nitrogen and oxygen atoms in total. The predicted octanol–water partition coefficient (Wildman–Crippen LogP) is 1.99. The van der Waals surface area contributed by atoms with Crippen LogP contribution in [0.3, 0.4) is 0 Å². The van der Waals surface area contributed by atoms with E-state index in [0.717, 1.165) is 19.3 Å². The van der Waals surface area contributed by atoms with Crippen molar-refractivity contribution in [1.29, 1.82) is 0 Å². The van der Waals surface area contributed by atoms with Crippen molar-refractivity contribution in [3.8, 4) is 0 Å². The molecule has 0 aliphatic rings. The van der Waals surface area contributed by atoms with Gasteiger partial charge in [0.05, 0.1) is 0 Å². The fraction of sp³-hybridized carbons (Fsp3) is 0.833. The summed E-state index contributed by atoms with van der Waals surface area (Å²) in [6.45, 7) is 5.92. The van der Waals surface area contributed by atoms with Crippen molar-refractivity contribution < 1.29 is 10.0 Å². The highest BCUT2D eigenvalue weighted by atomic mass is 16.4. The van der Waals surface area contributed by atoms with Crippen molar-refractivity contribution in [2.75, 3.05) is 0 Å². The van der Waals surface area contributed by atoms with Gasteiger partial charge in [-0.25, -0.2) is 0 Å². The van der Waals surface area contributed by atoms with Crippen LogP contribution in [0.1, 0.15) is 59.3 Å². The van der Waals surface area contributed by atoms with Crippen LogP contribution in [-0.4, -0.2) is 22.5 Å². The highest BCUT2D eigenvalue weighted by molar-refractivity contribution is 5.93. The maximum Gasteiger partial charge on any atom is 0.220 e. The summed E-state index contributed by atoms with van der Waals surface area (Å²) in [5.41, 5.74) is 4.95. The van der Waals surface area contributed by atoms with Crippen LogP contribution in [-0.2, 0) is 4.79 Å². The maximum atomic E-state index is 11.8. The van der Waals surface area contributed by atoms with E-state index in [1.807, 2.05) is 13.8 Å². The molecule has 0 aliphatic heterocycles. The SMILES string of the molecule is CCCCCC(=O)NC(CC)(CC)/C(N)=N/O. The van der Waals surface area contributed by atoms with Gasteiger partial charge in [0.1, 0.15) is 5.54 Å². The summed E-state index contributed by atoms with van der Waals surface area (Å²) >= 11 is 0. The van der Waals surface area contributed by atoms with E-state index in [9.17, 15) is 4.79 Å². The number of unbranched alkanes of at least 4 members (excludes halogenated alkanes) is 2. The van der Waals surface area contributed by atoms with Crippen LogP contribution in [0.2, 0.25) is 0 Å². The second-order valence-corrected chi connectivity index (χ2v) is 4.28. The monoisotopic (exact) mass is 243 g/mol. The number of hydrogen-bond acceptors (Lipinski definition) is 3. The second-order valence-electron chi connectivity index (χ2n) is 4.28. The number of amidine groups is 1. The van der Waals surface area contributed by atoms with Crippen molar-refractivity contribution in [3.63, 3.8) is 0 Å². The van der Waals surface area contributed by atoms with Crippen molar-refractivity contribution in [1.82, 2.24) is 5.32 Å². The maximum absolute atomic E-state index is 11.8. The van der Waals surface area contributed by atoms with Gasteiger partial charge in [-0.3, -0.25) is 4.79 Å². The first-order valence-corrected chi connectivity index (χ1v) is 6.35. The number of nitrogens with one attached hydrogen (secondary N) is 1. The van der Waals surface area contributed by atoms with Crippen LogP contribution >= 0.6 is 0 Å². The van der Waals surface area contributed by atoms with Crippen molar-refractivity contribution in [3.05, 3.63) is 0 Å². The summed E-state index contributed by atoms with van der Waals surface area (Å²) < 4.78 is 0. The molecule has 0 aromatic rings. The summed E-state index contributed by atoms with van der Waals surface area (Å²) in [5.74, 6) is 0.0418. The Bertz CT molecular complexity index is 260. The zero-order valence-corrected chi connectivity index (χ0v) is 11.1. The van der Waals surface area contributed by atoms with Crippen LogP contribution < -0.4 is 11.1 Å². The third kappa shape index (κ3) is 4.63. The smallest absolute Gasteiger partial charge is 0.220 e. The van der Waals surface area contributed by atoms with Crippen molar-refractivity contribution in [2.45, 2.75) is 64.8 Å². The minimum Gasteiger partial charge on any atom is -0.409 e. The molecule has 100 valence electrons. The summed E-state index contributed by atoms with van der Waals surface area (Å²) in [5, 5.41) is 14.7. The summed E-state index contributed by atoms with van der Waals surface area (Å²) in [7, 11) is 0. The summed E-state index contributed by atoms with van der Waals surface area (Å²) in [4.78, 5) is 11.8. The fourth-order valence-corrected chi connectivity index (χ4v) is 1.81. The molecule has 0 aromatic heterocycles. The fourth-order valence-electron chi connectivity index (χ4n) is 1.81. The Kier molecular flexibility index (Phi) is 7.34. The number of carbonyl (C=O) groups excluding carboxylic acids is 1. The minimum absolute atomic E-state index is 0.0336. The van der Waals surface area contributed by atoms with Crippen molar-refractivity contribution >= 4 is 11.7 Å². The van der Waals surface area contributed by atoms with Gasteiger partial charge >= 0.3 is 0 Å². The molecule has 0 atom stereocenters. The van der Waals surface area contributed by atoms with Crippen molar-refractivity contribution in [2.24, 2.45) is 10.9 Å². The first-order chi connectivity index (χ1) is 8.06. The van der Waals surface area contributed by atoms with Crippen LogP contribution in [0.15, 0.2) is 5.16 Å². The summed E-state index contributed by atoms with van der Waals surface area (Å²) in [6.07, 6.45) is 4.72. The average molecular weight is 243 g/mol. The van der Waals surface area contributed by atoms with Gasteiger partial charge in [0, 0.05) is 6.42 Å². The molecular weight excluding hydrogens is 218 g/mol. The molecular formula is C12H25N3O2. The Hall–Kier alpha value is -1.26. The molecule has 0 aliphatic carbocycles. The molecule has 0 spiro atoms. The first kappa shape index (κ1) is 15.7. The number of hydrogen-bond donors (Lipinski definition) is 3. The molecule has 0 radical (unpaired) electrons. The Morgan fingerprint density at radius 3 is 2.29 bits per heavy atom. The number of rotatable bonds is 8. The third-order valence-corrected chi connectivity index (χ3v) is 3.19. The standard InChI is InChI=1S/C12H25N3O2/c1-4-7-8-9-10(16)14-12(5-2,6-3)11(13)15-17/h17H,4-9H2,1-3H3,(H2,13,15)(H,14,16). The molecule has 0 fully saturated rings. The first-order valence-electron chi connectivity index (χ1n) is 6.35. The quantitative estimate of drug-likeness (QED) is 0.200. The molecule has 0 heterocycles. The second kappa shape index (κ2) is 7.92. The number of oxime groups is 1. The summed E-state index contributed by atoms with van der Waals surface area (Å²) in [6, 6.07) is 0. The predicted molar refractivity (Wildman–Crippen MR) is 69.0 cm³/mol. The van der Waals surface area contributed by atoms with Gasteiger partial charge in [-0.15, -0.1) is 0 Å². The van der Waals surface area contributed by atoms with Gasteiger partial charge in [-0.05, 0) is 19.3 Å². The molecule has 1 amide bonds.